The summed E-state index contributed by atoms with van der Waals surface area (Å²) in [5.41, 5.74) is 3.09. The van der Waals surface area contributed by atoms with Gasteiger partial charge in [-0.3, -0.25) is 0 Å². The first-order valence-corrected chi connectivity index (χ1v) is 6.09. The Hall–Kier alpha value is -1.33. The van der Waals surface area contributed by atoms with Crippen molar-refractivity contribution in [2.24, 2.45) is 0 Å². The van der Waals surface area contributed by atoms with Crippen molar-refractivity contribution < 1.29 is 8.78 Å². The van der Waals surface area contributed by atoms with Crippen molar-refractivity contribution in [3.05, 3.63) is 51.5 Å². The maximum atomic E-state index is 13.3. The van der Waals surface area contributed by atoms with Gasteiger partial charge in [0.1, 0.15) is 0 Å². The predicted octanol–water partition coefficient (Wildman–Crippen LogP) is 3.02. The van der Waals surface area contributed by atoms with Crippen LogP contribution in [-0.2, 0) is 13.1 Å². The van der Waals surface area contributed by atoms with Gasteiger partial charge in [0.2, 0.25) is 0 Å². The number of nitrogens with zero attached hydrogens (tertiary/aromatic N) is 1. The monoisotopic (exact) mass is 254 g/mol. The van der Waals surface area contributed by atoms with Crippen molar-refractivity contribution in [1.29, 1.82) is 0 Å². The summed E-state index contributed by atoms with van der Waals surface area (Å²) in [5.74, 6) is -1.58. The van der Waals surface area contributed by atoms with Gasteiger partial charge in [-0.25, -0.2) is 13.8 Å². The molecule has 0 aliphatic rings. The van der Waals surface area contributed by atoms with Gasteiger partial charge < -0.3 is 5.32 Å². The molecular formula is C12H12F2N2S. The van der Waals surface area contributed by atoms with Crippen LogP contribution in [0.3, 0.4) is 0 Å². The maximum absolute atomic E-state index is 13.3. The van der Waals surface area contributed by atoms with Gasteiger partial charge in [0.05, 0.1) is 11.2 Å². The molecule has 0 radical (unpaired) electrons. The number of halogens is 2. The smallest absolute Gasteiger partial charge is 0.163 e. The molecule has 1 aromatic carbocycles. The number of aryl methyl sites for hydroxylation is 1. The van der Waals surface area contributed by atoms with Crippen LogP contribution in [0.2, 0.25) is 0 Å². The lowest BCUT2D eigenvalue weighted by Crippen LogP contribution is -2.14. The van der Waals surface area contributed by atoms with E-state index in [-0.39, 0.29) is 0 Å². The van der Waals surface area contributed by atoms with Crippen molar-refractivity contribution in [2.45, 2.75) is 20.0 Å². The van der Waals surface area contributed by atoms with Crippen LogP contribution in [0.1, 0.15) is 16.1 Å². The molecule has 0 aliphatic heterocycles. The Kier molecular flexibility index (Phi) is 3.81. The molecule has 2 aromatic rings. The third-order valence-corrected chi connectivity index (χ3v) is 3.41. The normalized spacial score (nSPS) is 10.8. The number of benzene rings is 1. The molecule has 1 N–H and O–H groups in total. The minimum Gasteiger partial charge on any atom is -0.308 e. The van der Waals surface area contributed by atoms with E-state index in [0.717, 1.165) is 16.6 Å². The van der Waals surface area contributed by atoms with Gasteiger partial charge in [0.15, 0.2) is 11.6 Å². The minimum atomic E-state index is -0.807. The highest BCUT2D eigenvalue weighted by Gasteiger charge is 2.07. The fourth-order valence-electron chi connectivity index (χ4n) is 1.49. The van der Waals surface area contributed by atoms with Crippen LogP contribution in [0, 0.1) is 18.6 Å². The molecule has 5 heteroatoms. The molecule has 0 aliphatic carbocycles. The lowest BCUT2D eigenvalue weighted by molar-refractivity contribution is 0.493. The number of nitrogens with one attached hydrogen (secondary N) is 1. The molecule has 90 valence electrons. The van der Waals surface area contributed by atoms with Gasteiger partial charge >= 0.3 is 0 Å². The molecule has 0 amide bonds. The number of rotatable bonds is 4. The zero-order valence-electron chi connectivity index (χ0n) is 9.34. The molecule has 0 saturated carbocycles. The van der Waals surface area contributed by atoms with Crippen LogP contribution in [0.4, 0.5) is 8.78 Å². The summed E-state index contributed by atoms with van der Waals surface area (Å²) in [6.07, 6.45) is 0. The maximum Gasteiger partial charge on any atom is 0.163 e. The first kappa shape index (κ1) is 12.1. The van der Waals surface area contributed by atoms with Crippen LogP contribution in [0.5, 0.6) is 0 Å². The van der Waals surface area contributed by atoms with E-state index in [9.17, 15) is 8.78 Å². The third-order valence-electron chi connectivity index (χ3n) is 2.48. The Morgan fingerprint density at radius 1 is 1.29 bits per heavy atom. The quantitative estimate of drug-likeness (QED) is 0.907. The van der Waals surface area contributed by atoms with Gasteiger partial charge in [-0.15, -0.1) is 11.3 Å². The summed E-state index contributed by atoms with van der Waals surface area (Å²) in [6, 6.07) is 4.20. The highest BCUT2D eigenvalue weighted by Crippen LogP contribution is 2.13. The standard InChI is InChI=1S/C12H12F2N2S/c1-8-11(17-7-16-8)6-15-5-9-3-2-4-10(13)12(9)14/h2-4,7,15H,5-6H2,1H3. The van der Waals surface area contributed by atoms with E-state index in [1.165, 1.54) is 6.07 Å². The van der Waals surface area contributed by atoms with Crippen LogP contribution in [0.15, 0.2) is 23.7 Å². The van der Waals surface area contributed by atoms with E-state index in [4.69, 9.17) is 0 Å². The van der Waals surface area contributed by atoms with E-state index in [1.54, 1.807) is 22.9 Å². The topological polar surface area (TPSA) is 24.9 Å². The van der Waals surface area contributed by atoms with Crippen LogP contribution in [0.25, 0.3) is 0 Å². The number of aromatic nitrogens is 1. The highest BCUT2D eigenvalue weighted by atomic mass is 32.1. The Morgan fingerprint density at radius 2 is 2.12 bits per heavy atom. The van der Waals surface area contributed by atoms with Gasteiger partial charge in [-0.1, -0.05) is 12.1 Å². The van der Waals surface area contributed by atoms with E-state index in [0.29, 0.717) is 18.7 Å². The molecule has 0 saturated heterocycles. The molecule has 0 bridgehead atoms. The second-order valence-corrected chi connectivity index (χ2v) is 4.62. The average molecular weight is 254 g/mol. The fraction of sp³-hybridized carbons (Fsp3) is 0.250. The van der Waals surface area contributed by atoms with E-state index < -0.39 is 11.6 Å². The lowest BCUT2D eigenvalue weighted by atomic mass is 10.2. The Bertz CT molecular complexity index is 511. The summed E-state index contributed by atoms with van der Waals surface area (Å²) in [6.45, 7) is 2.85. The summed E-state index contributed by atoms with van der Waals surface area (Å²) in [5, 5.41) is 3.08. The number of hydrogen-bond acceptors (Lipinski definition) is 3. The zero-order chi connectivity index (χ0) is 12.3. The summed E-state index contributed by atoms with van der Waals surface area (Å²) in [4.78, 5) is 5.23. The van der Waals surface area contributed by atoms with Gasteiger partial charge in [-0.05, 0) is 13.0 Å². The number of thiazole rings is 1. The predicted molar refractivity (Wildman–Crippen MR) is 63.8 cm³/mol. The largest absolute Gasteiger partial charge is 0.308 e. The van der Waals surface area contributed by atoms with Gasteiger partial charge in [0, 0.05) is 23.5 Å². The van der Waals surface area contributed by atoms with Crippen LogP contribution in [-0.4, -0.2) is 4.98 Å². The molecule has 17 heavy (non-hydrogen) atoms. The second kappa shape index (κ2) is 5.33. The van der Waals surface area contributed by atoms with Crippen molar-refractivity contribution in [1.82, 2.24) is 10.3 Å². The zero-order valence-corrected chi connectivity index (χ0v) is 10.2. The Balaban J connectivity index is 1.95. The molecule has 0 fully saturated rings. The van der Waals surface area contributed by atoms with Crippen LogP contribution >= 0.6 is 11.3 Å². The van der Waals surface area contributed by atoms with E-state index >= 15 is 0 Å². The molecule has 2 rings (SSSR count). The molecule has 1 aromatic heterocycles. The summed E-state index contributed by atoms with van der Waals surface area (Å²) in [7, 11) is 0. The lowest BCUT2D eigenvalue weighted by Gasteiger charge is -2.05. The van der Waals surface area contributed by atoms with E-state index in [1.807, 2.05) is 6.92 Å². The summed E-state index contributed by atoms with van der Waals surface area (Å²) < 4.78 is 26.3. The highest BCUT2D eigenvalue weighted by molar-refractivity contribution is 7.09. The second-order valence-electron chi connectivity index (χ2n) is 3.68. The number of hydrogen-bond donors (Lipinski definition) is 1. The van der Waals surface area contributed by atoms with Crippen molar-refractivity contribution >= 4 is 11.3 Å². The van der Waals surface area contributed by atoms with Crippen molar-refractivity contribution in [3.63, 3.8) is 0 Å². The molecule has 0 atom stereocenters. The SMILES string of the molecule is Cc1ncsc1CNCc1cccc(F)c1F. The fourth-order valence-corrected chi connectivity index (χ4v) is 2.24. The average Bonchev–Trinajstić information content (AvgIpc) is 2.71. The third kappa shape index (κ3) is 2.87. The molecule has 0 unspecified atom stereocenters. The molecular weight excluding hydrogens is 242 g/mol. The minimum absolute atomic E-state index is 0.306. The molecule has 2 nitrogen and oxygen atoms in total. The first-order valence-electron chi connectivity index (χ1n) is 5.21. The van der Waals surface area contributed by atoms with Gasteiger partial charge in [0.25, 0.3) is 0 Å². The first-order chi connectivity index (χ1) is 8.18. The van der Waals surface area contributed by atoms with Crippen LogP contribution < -0.4 is 5.32 Å². The van der Waals surface area contributed by atoms with Crippen molar-refractivity contribution in [3.8, 4) is 0 Å². The summed E-state index contributed by atoms with van der Waals surface area (Å²) >= 11 is 1.55. The Labute approximate surface area is 102 Å². The van der Waals surface area contributed by atoms with Crippen molar-refractivity contribution in [2.75, 3.05) is 0 Å². The molecule has 0 spiro atoms. The van der Waals surface area contributed by atoms with E-state index in [2.05, 4.69) is 10.3 Å². The molecule has 1 heterocycles. The van der Waals surface area contributed by atoms with Gasteiger partial charge in [-0.2, -0.15) is 0 Å². The Morgan fingerprint density at radius 3 is 2.82 bits per heavy atom.